The molecule has 0 saturated carbocycles. The lowest BCUT2D eigenvalue weighted by molar-refractivity contribution is -0.152. The Morgan fingerprint density at radius 1 is 0.972 bits per heavy atom. The van der Waals surface area contributed by atoms with Crippen LogP contribution >= 0.6 is 0 Å². The molecule has 1 N–H and O–H groups in total. The molecule has 0 radical (unpaired) electrons. The number of benzene rings is 2. The summed E-state index contributed by atoms with van der Waals surface area (Å²) in [5.74, 6) is -2.93. The third-order valence-electron chi connectivity index (χ3n) is 6.71. The van der Waals surface area contributed by atoms with Crippen LogP contribution in [0.15, 0.2) is 77.1 Å². The van der Waals surface area contributed by atoms with Gasteiger partial charge in [0.1, 0.15) is 11.7 Å². The molecule has 0 fully saturated rings. The highest BCUT2D eigenvalue weighted by atomic mass is 16.5. The second kappa shape index (κ2) is 10.8. The Kier molecular flexibility index (Phi) is 7.58. The molecule has 188 valence electrons. The Morgan fingerprint density at radius 2 is 1.67 bits per heavy atom. The Morgan fingerprint density at radius 3 is 2.33 bits per heavy atom. The second-order valence-electron chi connectivity index (χ2n) is 8.80. The third kappa shape index (κ3) is 4.65. The van der Waals surface area contributed by atoms with Crippen molar-refractivity contribution in [3.8, 4) is 5.75 Å². The summed E-state index contributed by atoms with van der Waals surface area (Å²) < 4.78 is 16.1. The number of hydrogen-bond donors (Lipinski definition) is 1. The van der Waals surface area contributed by atoms with Crippen molar-refractivity contribution in [2.24, 2.45) is 5.92 Å². The summed E-state index contributed by atoms with van der Waals surface area (Å²) in [6, 6.07) is 16.8. The van der Waals surface area contributed by atoms with E-state index in [-0.39, 0.29) is 19.0 Å². The lowest BCUT2D eigenvalue weighted by Crippen LogP contribution is -2.43. The van der Waals surface area contributed by atoms with Crippen molar-refractivity contribution in [1.29, 1.82) is 0 Å². The Bertz CT molecular complexity index is 1230. The third-order valence-corrected chi connectivity index (χ3v) is 6.71. The SMILES string of the molecule is CCOC(=O)C1=C(C)NC2=C(C(=O)[C@H](C(=O)OCC)[C@H](c3cccc(OC)c3)C2)[C@@H]1c1ccccc1. The van der Waals surface area contributed by atoms with Gasteiger partial charge < -0.3 is 19.5 Å². The van der Waals surface area contributed by atoms with Crippen LogP contribution in [0.4, 0.5) is 0 Å². The van der Waals surface area contributed by atoms with Gasteiger partial charge >= 0.3 is 11.9 Å². The van der Waals surface area contributed by atoms with Crippen LogP contribution in [0.5, 0.6) is 5.75 Å². The van der Waals surface area contributed by atoms with Crippen LogP contribution in [-0.2, 0) is 23.9 Å². The number of ether oxygens (including phenoxy) is 3. The largest absolute Gasteiger partial charge is 0.497 e. The van der Waals surface area contributed by atoms with Crippen molar-refractivity contribution < 1.29 is 28.6 Å². The minimum absolute atomic E-state index is 0.160. The van der Waals surface area contributed by atoms with E-state index in [1.807, 2.05) is 61.5 Å². The number of carbonyl (C=O) groups is 3. The average molecular weight is 490 g/mol. The zero-order chi connectivity index (χ0) is 25.8. The Balaban J connectivity index is 1.88. The van der Waals surface area contributed by atoms with Gasteiger partial charge in [0.05, 0.1) is 25.9 Å². The van der Waals surface area contributed by atoms with E-state index in [0.717, 1.165) is 11.1 Å². The molecule has 2 aliphatic rings. The van der Waals surface area contributed by atoms with Crippen LogP contribution in [0.1, 0.15) is 50.2 Å². The van der Waals surface area contributed by atoms with Crippen LogP contribution in [-0.4, -0.2) is 38.0 Å². The highest BCUT2D eigenvalue weighted by Gasteiger charge is 2.49. The van der Waals surface area contributed by atoms with Crippen LogP contribution < -0.4 is 10.1 Å². The zero-order valence-corrected chi connectivity index (χ0v) is 21.0. The van der Waals surface area contributed by atoms with Gasteiger partial charge in [-0.15, -0.1) is 0 Å². The number of esters is 2. The minimum Gasteiger partial charge on any atom is -0.497 e. The Hall–Kier alpha value is -3.87. The lowest BCUT2D eigenvalue weighted by atomic mass is 9.67. The number of hydrogen-bond acceptors (Lipinski definition) is 7. The molecule has 1 aliphatic heterocycles. The van der Waals surface area contributed by atoms with Gasteiger partial charge in [-0.05, 0) is 50.5 Å². The Labute approximate surface area is 211 Å². The fourth-order valence-corrected chi connectivity index (χ4v) is 5.18. The summed E-state index contributed by atoms with van der Waals surface area (Å²) >= 11 is 0. The number of nitrogens with one attached hydrogen (secondary N) is 1. The molecule has 0 unspecified atom stereocenters. The fraction of sp³-hybridized carbons (Fsp3) is 0.345. The first-order chi connectivity index (χ1) is 17.4. The van der Waals surface area contributed by atoms with Gasteiger partial charge in [0.15, 0.2) is 5.78 Å². The molecule has 7 nitrogen and oxygen atoms in total. The lowest BCUT2D eigenvalue weighted by Gasteiger charge is -2.39. The normalized spacial score (nSPS) is 21.4. The van der Waals surface area contributed by atoms with E-state index in [9.17, 15) is 14.4 Å². The van der Waals surface area contributed by atoms with Gasteiger partial charge in [-0.3, -0.25) is 9.59 Å². The minimum atomic E-state index is -1.05. The number of Topliss-reactive ketones (excluding diaryl/α,β-unsaturated/α-hetero) is 1. The molecule has 0 amide bonds. The zero-order valence-electron chi connectivity index (χ0n) is 21.0. The van der Waals surface area contributed by atoms with Crippen LogP contribution in [0.25, 0.3) is 0 Å². The maximum absolute atomic E-state index is 14.2. The first-order valence-electron chi connectivity index (χ1n) is 12.2. The molecule has 0 aromatic heterocycles. The molecule has 4 rings (SSSR count). The number of ketones is 1. The van der Waals surface area contributed by atoms with Crippen LogP contribution in [0, 0.1) is 5.92 Å². The van der Waals surface area contributed by atoms with Crippen molar-refractivity contribution >= 4 is 17.7 Å². The standard InChI is InChI=1S/C29H31NO6/c1-5-35-28(32)23-17(3)30-22-16-21(19-13-10-14-20(15-19)34-4)25(29(33)36-6-2)27(31)26(22)24(23)18-11-8-7-9-12-18/h7-15,21,24-25,30H,5-6,16H2,1-4H3/t21-,24+,25+/m0/s1. The van der Waals surface area contributed by atoms with Gasteiger partial charge in [0.25, 0.3) is 0 Å². The summed E-state index contributed by atoms with van der Waals surface area (Å²) in [5.41, 5.74) is 3.71. The summed E-state index contributed by atoms with van der Waals surface area (Å²) in [7, 11) is 1.58. The molecule has 36 heavy (non-hydrogen) atoms. The van der Waals surface area contributed by atoms with Crippen molar-refractivity contribution in [3.05, 3.63) is 88.3 Å². The van der Waals surface area contributed by atoms with E-state index < -0.39 is 29.7 Å². The number of carbonyl (C=O) groups excluding carboxylic acids is 3. The molecule has 0 spiro atoms. The average Bonchev–Trinajstić information content (AvgIpc) is 2.88. The quantitative estimate of drug-likeness (QED) is 0.455. The highest BCUT2D eigenvalue weighted by molar-refractivity contribution is 6.13. The summed E-state index contributed by atoms with van der Waals surface area (Å²) in [6.45, 7) is 5.64. The van der Waals surface area contributed by atoms with E-state index in [0.29, 0.717) is 34.7 Å². The van der Waals surface area contributed by atoms with Crippen molar-refractivity contribution in [2.45, 2.75) is 39.0 Å². The number of dihydropyridines is 1. The predicted octanol–water partition coefficient (Wildman–Crippen LogP) is 4.41. The van der Waals surface area contributed by atoms with Crippen molar-refractivity contribution in [2.75, 3.05) is 20.3 Å². The molecular weight excluding hydrogens is 458 g/mol. The summed E-state index contributed by atoms with van der Waals surface area (Å²) in [5, 5.41) is 3.31. The van der Waals surface area contributed by atoms with E-state index >= 15 is 0 Å². The molecule has 2 aromatic rings. The van der Waals surface area contributed by atoms with Crippen LogP contribution in [0.2, 0.25) is 0 Å². The van der Waals surface area contributed by atoms with Crippen molar-refractivity contribution in [3.63, 3.8) is 0 Å². The molecule has 3 atom stereocenters. The molecule has 2 aromatic carbocycles. The van der Waals surface area contributed by atoms with Gasteiger partial charge in [-0.25, -0.2) is 4.79 Å². The molecule has 0 bridgehead atoms. The number of allylic oxidation sites excluding steroid dienone is 3. The van der Waals surface area contributed by atoms with E-state index in [2.05, 4.69) is 5.32 Å². The van der Waals surface area contributed by atoms with Gasteiger partial charge in [-0.1, -0.05) is 42.5 Å². The van der Waals surface area contributed by atoms with Crippen molar-refractivity contribution in [1.82, 2.24) is 5.32 Å². The van der Waals surface area contributed by atoms with E-state index in [4.69, 9.17) is 14.2 Å². The fourth-order valence-electron chi connectivity index (χ4n) is 5.18. The van der Waals surface area contributed by atoms with Gasteiger partial charge in [-0.2, -0.15) is 0 Å². The summed E-state index contributed by atoms with van der Waals surface area (Å²) in [4.78, 5) is 40.5. The maximum atomic E-state index is 14.2. The predicted molar refractivity (Wildman–Crippen MR) is 134 cm³/mol. The summed E-state index contributed by atoms with van der Waals surface area (Å²) in [6.07, 6.45) is 0.397. The monoisotopic (exact) mass is 489 g/mol. The van der Waals surface area contributed by atoms with E-state index in [1.54, 1.807) is 21.0 Å². The number of methoxy groups -OCH3 is 1. The van der Waals surface area contributed by atoms with Crippen LogP contribution in [0.3, 0.4) is 0 Å². The molecule has 1 heterocycles. The van der Waals surface area contributed by atoms with Gasteiger partial charge in [0, 0.05) is 28.8 Å². The second-order valence-corrected chi connectivity index (χ2v) is 8.80. The molecule has 1 aliphatic carbocycles. The topological polar surface area (TPSA) is 90.9 Å². The first-order valence-corrected chi connectivity index (χ1v) is 12.2. The molecule has 7 heteroatoms. The smallest absolute Gasteiger partial charge is 0.336 e. The first kappa shape index (κ1) is 25.2. The van der Waals surface area contributed by atoms with Gasteiger partial charge in [0.2, 0.25) is 0 Å². The van der Waals surface area contributed by atoms with E-state index in [1.165, 1.54) is 0 Å². The molecular formula is C29H31NO6. The maximum Gasteiger partial charge on any atom is 0.336 e. The number of rotatable bonds is 7. The molecule has 0 saturated heterocycles. The highest BCUT2D eigenvalue weighted by Crippen LogP contribution is 2.48.